The minimum Gasteiger partial charge on any atom is -0.493 e. The van der Waals surface area contributed by atoms with Crippen LogP contribution in [-0.2, 0) is 13.2 Å². The monoisotopic (exact) mass is 444 g/mol. The van der Waals surface area contributed by atoms with Gasteiger partial charge in [-0.2, -0.15) is 5.10 Å². The third-order valence-electron chi connectivity index (χ3n) is 4.28. The molecule has 7 heteroatoms. The van der Waals surface area contributed by atoms with E-state index < -0.39 is 0 Å². The minimum atomic E-state index is 0.391. The van der Waals surface area contributed by atoms with Crippen LogP contribution >= 0.6 is 23.2 Å². The molecule has 0 saturated carbocycles. The van der Waals surface area contributed by atoms with E-state index in [0.717, 1.165) is 16.7 Å². The van der Waals surface area contributed by atoms with E-state index >= 15 is 0 Å². The predicted molar refractivity (Wildman–Crippen MR) is 121 cm³/mol. The maximum Gasteiger partial charge on any atom is 0.161 e. The molecule has 3 rings (SSSR count). The molecule has 0 amide bonds. The summed E-state index contributed by atoms with van der Waals surface area (Å²) in [5.74, 6) is 2.04. The van der Waals surface area contributed by atoms with Crippen LogP contribution in [0.25, 0.3) is 0 Å². The Hall–Kier alpha value is -2.89. The topological polar surface area (TPSA) is 52.1 Å². The highest BCUT2D eigenvalue weighted by molar-refractivity contribution is 6.31. The van der Waals surface area contributed by atoms with Crippen molar-refractivity contribution in [1.82, 2.24) is 5.43 Å². The number of ether oxygens (including phenoxy) is 3. The number of halogens is 2. The van der Waals surface area contributed by atoms with Crippen molar-refractivity contribution in [3.8, 4) is 17.2 Å². The SMILES string of the molecule is COc1ccc(CN/N=C\c2cc(Cl)ccc2OCc2cccc(Cl)c2)cc1OC. The summed E-state index contributed by atoms with van der Waals surface area (Å²) in [5.41, 5.74) is 5.78. The maximum absolute atomic E-state index is 6.14. The van der Waals surface area contributed by atoms with Gasteiger partial charge in [0.25, 0.3) is 0 Å². The van der Waals surface area contributed by atoms with Crippen molar-refractivity contribution in [2.45, 2.75) is 13.2 Å². The normalized spacial score (nSPS) is 10.8. The number of nitrogens with zero attached hydrogens (tertiary/aromatic N) is 1. The molecule has 30 heavy (non-hydrogen) atoms. The van der Waals surface area contributed by atoms with Crippen molar-refractivity contribution in [3.05, 3.63) is 87.4 Å². The predicted octanol–water partition coefficient (Wildman–Crippen LogP) is 5.71. The molecular formula is C23H22Cl2N2O3. The number of nitrogens with one attached hydrogen (secondary N) is 1. The molecule has 5 nitrogen and oxygen atoms in total. The highest BCUT2D eigenvalue weighted by Crippen LogP contribution is 2.27. The van der Waals surface area contributed by atoms with Crippen LogP contribution < -0.4 is 19.6 Å². The molecule has 0 heterocycles. The van der Waals surface area contributed by atoms with E-state index in [2.05, 4.69) is 10.5 Å². The highest BCUT2D eigenvalue weighted by Gasteiger charge is 2.06. The van der Waals surface area contributed by atoms with E-state index in [4.69, 9.17) is 37.4 Å². The van der Waals surface area contributed by atoms with Gasteiger partial charge in [-0.15, -0.1) is 0 Å². The number of hydrogen-bond acceptors (Lipinski definition) is 5. The summed E-state index contributed by atoms with van der Waals surface area (Å²) in [7, 11) is 3.22. The fraction of sp³-hybridized carbons (Fsp3) is 0.174. The van der Waals surface area contributed by atoms with Crippen molar-refractivity contribution >= 4 is 29.4 Å². The number of benzene rings is 3. The number of rotatable bonds is 9. The number of hydrazone groups is 1. The van der Waals surface area contributed by atoms with Gasteiger partial charge in [0.05, 0.1) is 27.0 Å². The largest absolute Gasteiger partial charge is 0.493 e. The van der Waals surface area contributed by atoms with Crippen molar-refractivity contribution in [2.75, 3.05) is 14.2 Å². The Bertz CT molecular complexity index is 1030. The first-order chi connectivity index (χ1) is 14.6. The molecule has 0 aliphatic heterocycles. The van der Waals surface area contributed by atoms with Crippen LogP contribution in [0, 0.1) is 0 Å². The van der Waals surface area contributed by atoms with Crippen molar-refractivity contribution < 1.29 is 14.2 Å². The summed E-state index contributed by atoms with van der Waals surface area (Å²) in [5, 5.41) is 5.58. The van der Waals surface area contributed by atoms with E-state index in [1.165, 1.54) is 0 Å². The zero-order chi connectivity index (χ0) is 21.3. The van der Waals surface area contributed by atoms with E-state index in [1.54, 1.807) is 32.6 Å². The second-order valence-corrected chi connectivity index (χ2v) is 7.26. The molecule has 0 aliphatic carbocycles. The Labute approximate surface area is 186 Å². The van der Waals surface area contributed by atoms with Gasteiger partial charge in [-0.05, 0) is 53.6 Å². The average molecular weight is 445 g/mol. The summed E-state index contributed by atoms with van der Waals surface area (Å²) in [4.78, 5) is 0. The van der Waals surface area contributed by atoms with E-state index in [-0.39, 0.29) is 0 Å². The molecule has 3 aromatic carbocycles. The van der Waals surface area contributed by atoms with Gasteiger partial charge in [0, 0.05) is 15.6 Å². The molecule has 0 unspecified atom stereocenters. The Morgan fingerprint density at radius 2 is 1.60 bits per heavy atom. The van der Waals surface area contributed by atoms with Crippen LogP contribution in [0.2, 0.25) is 10.0 Å². The van der Waals surface area contributed by atoms with Gasteiger partial charge in [-0.25, -0.2) is 0 Å². The Kier molecular flexibility index (Phi) is 7.82. The van der Waals surface area contributed by atoms with Gasteiger partial charge in [-0.1, -0.05) is 41.4 Å². The first-order valence-corrected chi connectivity index (χ1v) is 9.98. The third kappa shape index (κ3) is 6.05. The van der Waals surface area contributed by atoms with Crippen LogP contribution in [0.3, 0.4) is 0 Å². The lowest BCUT2D eigenvalue weighted by molar-refractivity contribution is 0.306. The summed E-state index contributed by atoms with van der Waals surface area (Å²) in [6.07, 6.45) is 1.68. The molecule has 0 aromatic heterocycles. The molecule has 0 radical (unpaired) electrons. The van der Waals surface area contributed by atoms with Crippen LogP contribution in [0.1, 0.15) is 16.7 Å². The fourth-order valence-electron chi connectivity index (χ4n) is 2.78. The standard InChI is InChI=1S/C23H22Cl2N2O3/c1-28-22-8-6-16(11-23(22)29-2)13-26-27-14-18-12-20(25)7-9-21(18)30-15-17-4-3-5-19(24)10-17/h3-12,14,26H,13,15H2,1-2H3/b27-14-. The molecule has 1 N–H and O–H groups in total. The van der Waals surface area contributed by atoms with Crippen molar-refractivity contribution in [2.24, 2.45) is 5.10 Å². The molecule has 0 bridgehead atoms. The summed E-state index contributed by atoms with van der Waals surface area (Å²) < 4.78 is 16.5. The quantitative estimate of drug-likeness (QED) is 0.339. The molecule has 0 fully saturated rings. The van der Waals surface area contributed by atoms with Gasteiger partial charge >= 0.3 is 0 Å². The van der Waals surface area contributed by atoms with Gasteiger partial charge in [-0.3, -0.25) is 0 Å². The molecular weight excluding hydrogens is 423 g/mol. The molecule has 0 saturated heterocycles. The van der Waals surface area contributed by atoms with Gasteiger partial charge < -0.3 is 19.6 Å². The first-order valence-electron chi connectivity index (χ1n) is 9.22. The second-order valence-electron chi connectivity index (χ2n) is 6.38. The lowest BCUT2D eigenvalue weighted by Crippen LogP contribution is -2.06. The average Bonchev–Trinajstić information content (AvgIpc) is 2.76. The van der Waals surface area contributed by atoms with Crippen molar-refractivity contribution in [1.29, 1.82) is 0 Å². The lowest BCUT2D eigenvalue weighted by atomic mass is 10.2. The van der Waals surface area contributed by atoms with Gasteiger partial charge in [0.2, 0.25) is 0 Å². The fourth-order valence-corrected chi connectivity index (χ4v) is 3.18. The van der Waals surface area contributed by atoms with E-state index in [9.17, 15) is 0 Å². The van der Waals surface area contributed by atoms with Gasteiger partial charge in [0.15, 0.2) is 11.5 Å². The van der Waals surface area contributed by atoms with Crippen LogP contribution in [0.4, 0.5) is 0 Å². The minimum absolute atomic E-state index is 0.391. The maximum atomic E-state index is 6.14. The highest BCUT2D eigenvalue weighted by atomic mass is 35.5. The smallest absolute Gasteiger partial charge is 0.161 e. The summed E-state index contributed by atoms with van der Waals surface area (Å²) in [6.45, 7) is 0.915. The third-order valence-corrected chi connectivity index (χ3v) is 4.75. The molecule has 156 valence electrons. The first kappa shape index (κ1) is 21.8. The van der Waals surface area contributed by atoms with Crippen LogP contribution in [0.15, 0.2) is 65.8 Å². The zero-order valence-corrected chi connectivity index (χ0v) is 18.2. The Balaban J connectivity index is 1.64. The Morgan fingerprint density at radius 3 is 2.37 bits per heavy atom. The summed E-state index contributed by atoms with van der Waals surface area (Å²) in [6, 6.07) is 18.7. The molecule has 0 atom stereocenters. The van der Waals surface area contributed by atoms with E-state index in [1.807, 2.05) is 48.5 Å². The second kappa shape index (κ2) is 10.8. The van der Waals surface area contributed by atoms with E-state index in [0.29, 0.717) is 40.4 Å². The number of hydrogen-bond donors (Lipinski definition) is 1. The molecule has 3 aromatic rings. The van der Waals surface area contributed by atoms with Crippen LogP contribution in [-0.4, -0.2) is 20.4 Å². The van der Waals surface area contributed by atoms with Crippen molar-refractivity contribution in [3.63, 3.8) is 0 Å². The molecule has 0 spiro atoms. The lowest BCUT2D eigenvalue weighted by Gasteiger charge is -2.10. The van der Waals surface area contributed by atoms with Gasteiger partial charge in [0.1, 0.15) is 12.4 Å². The summed E-state index contributed by atoms with van der Waals surface area (Å²) >= 11 is 12.2. The Morgan fingerprint density at radius 1 is 0.833 bits per heavy atom. The number of methoxy groups -OCH3 is 2. The van der Waals surface area contributed by atoms with Crippen LogP contribution in [0.5, 0.6) is 17.2 Å². The zero-order valence-electron chi connectivity index (χ0n) is 16.7. The molecule has 0 aliphatic rings.